The number of hydrogen-bond acceptors (Lipinski definition) is 4. The lowest BCUT2D eigenvalue weighted by molar-refractivity contribution is 0.198. The summed E-state index contributed by atoms with van der Waals surface area (Å²) in [4.78, 5) is 6.70. The first-order chi connectivity index (χ1) is 12.4. The second-order valence-electron chi connectivity index (χ2n) is 6.85. The highest BCUT2D eigenvalue weighted by molar-refractivity contribution is 14.0. The van der Waals surface area contributed by atoms with Crippen molar-refractivity contribution in [3.8, 4) is 0 Å². The molecule has 2 rings (SSSR count). The SMILES string of the molecule is CN=C(NCCNS(C)(=O)=O)NC1CCN(Cc2cccc(C)c2)CC1.I. The highest BCUT2D eigenvalue weighted by Gasteiger charge is 2.20. The van der Waals surface area contributed by atoms with Crippen LogP contribution in [0.5, 0.6) is 0 Å². The number of piperidine rings is 1. The zero-order chi connectivity index (χ0) is 19.0. The molecule has 1 saturated heterocycles. The Morgan fingerprint density at radius 1 is 1.26 bits per heavy atom. The molecule has 1 aromatic rings. The van der Waals surface area contributed by atoms with Crippen LogP contribution in [0.1, 0.15) is 24.0 Å². The van der Waals surface area contributed by atoms with Crippen LogP contribution in [-0.4, -0.2) is 64.8 Å². The molecule has 0 bridgehead atoms. The van der Waals surface area contributed by atoms with Crippen LogP contribution >= 0.6 is 24.0 Å². The van der Waals surface area contributed by atoms with Gasteiger partial charge in [-0.2, -0.15) is 0 Å². The minimum atomic E-state index is -3.15. The normalized spacial score (nSPS) is 16.6. The van der Waals surface area contributed by atoms with Gasteiger partial charge in [0.15, 0.2) is 5.96 Å². The molecule has 1 heterocycles. The minimum Gasteiger partial charge on any atom is -0.355 e. The molecular weight excluding hydrogens is 477 g/mol. The fourth-order valence-electron chi connectivity index (χ4n) is 3.11. The van der Waals surface area contributed by atoms with Gasteiger partial charge in [0.1, 0.15) is 0 Å². The number of rotatable bonds is 7. The van der Waals surface area contributed by atoms with Crippen molar-refractivity contribution < 1.29 is 8.42 Å². The number of nitrogens with one attached hydrogen (secondary N) is 3. The highest BCUT2D eigenvalue weighted by atomic mass is 127. The van der Waals surface area contributed by atoms with Crippen LogP contribution in [-0.2, 0) is 16.6 Å². The number of aliphatic imine (C=N–C) groups is 1. The molecule has 0 amide bonds. The number of hydrogen-bond donors (Lipinski definition) is 3. The third-order valence-electron chi connectivity index (χ3n) is 4.42. The van der Waals surface area contributed by atoms with Gasteiger partial charge in [-0.25, -0.2) is 13.1 Å². The van der Waals surface area contributed by atoms with Crippen molar-refractivity contribution in [3.05, 3.63) is 35.4 Å². The van der Waals surface area contributed by atoms with Gasteiger partial charge >= 0.3 is 0 Å². The Kier molecular flexibility index (Phi) is 10.6. The van der Waals surface area contributed by atoms with Crippen molar-refractivity contribution in [1.82, 2.24) is 20.3 Å². The quantitative estimate of drug-likeness (QED) is 0.223. The van der Waals surface area contributed by atoms with E-state index < -0.39 is 10.0 Å². The van der Waals surface area contributed by atoms with Gasteiger partial charge in [-0.15, -0.1) is 24.0 Å². The topological polar surface area (TPSA) is 85.8 Å². The summed E-state index contributed by atoms with van der Waals surface area (Å²) in [6, 6.07) is 9.07. The first-order valence-corrected chi connectivity index (χ1v) is 10.9. The van der Waals surface area contributed by atoms with Gasteiger partial charge in [0.2, 0.25) is 10.0 Å². The summed E-state index contributed by atoms with van der Waals surface area (Å²) in [7, 11) is -1.42. The second kappa shape index (κ2) is 11.8. The summed E-state index contributed by atoms with van der Waals surface area (Å²) in [6.07, 6.45) is 3.28. The van der Waals surface area contributed by atoms with Crippen LogP contribution in [0.2, 0.25) is 0 Å². The fraction of sp³-hybridized carbons (Fsp3) is 0.611. The molecule has 0 unspecified atom stereocenters. The molecule has 1 aliphatic rings. The number of benzene rings is 1. The van der Waals surface area contributed by atoms with Gasteiger partial charge in [-0.05, 0) is 25.3 Å². The van der Waals surface area contributed by atoms with Gasteiger partial charge in [-0.3, -0.25) is 9.89 Å². The predicted molar refractivity (Wildman–Crippen MR) is 122 cm³/mol. The van der Waals surface area contributed by atoms with Gasteiger partial charge in [0.05, 0.1) is 6.26 Å². The maximum atomic E-state index is 11.1. The zero-order valence-corrected chi connectivity index (χ0v) is 19.5. The Morgan fingerprint density at radius 3 is 2.56 bits per heavy atom. The third kappa shape index (κ3) is 9.72. The molecule has 0 spiro atoms. The number of likely N-dealkylation sites (tertiary alicyclic amines) is 1. The largest absolute Gasteiger partial charge is 0.355 e. The van der Waals surface area contributed by atoms with E-state index >= 15 is 0 Å². The first-order valence-electron chi connectivity index (χ1n) is 9.05. The minimum absolute atomic E-state index is 0. The van der Waals surface area contributed by atoms with Crippen LogP contribution in [0.25, 0.3) is 0 Å². The average molecular weight is 509 g/mol. The Hall–Kier alpha value is -0.910. The summed E-state index contributed by atoms with van der Waals surface area (Å²) in [5, 5.41) is 6.58. The number of sulfonamides is 1. The Labute approximate surface area is 180 Å². The van der Waals surface area contributed by atoms with E-state index in [4.69, 9.17) is 0 Å². The van der Waals surface area contributed by atoms with E-state index in [0.29, 0.717) is 19.1 Å². The number of nitrogens with zero attached hydrogens (tertiary/aromatic N) is 2. The molecule has 9 heteroatoms. The molecule has 27 heavy (non-hydrogen) atoms. The summed E-state index contributed by atoms with van der Waals surface area (Å²) in [5.41, 5.74) is 2.67. The second-order valence-corrected chi connectivity index (χ2v) is 8.68. The molecule has 0 aliphatic carbocycles. The summed E-state index contributed by atoms with van der Waals surface area (Å²) >= 11 is 0. The highest BCUT2D eigenvalue weighted by Crippen LogP contribution is 2.14. The molecule has 3 N–H and O–H groups in total. The number of halogens is 1. The van der Waals surface area contributed by atoms with Gasteiger partial charge < -0.3 is 10.6 Å². The monoisotopic (exact) mass is 509 g/mol. The Bertz CT molecular complexity index is 703. The maximum Gasteiger partial charge on any atom is 0.208 e. The Morgan fingerprint density at radius 2 is 1.96 bits per heavy atom. The maximum absolute atomic E-state index is 11.1. The van der Waals surface area contributed by atoms with Crippen molar-refractivity contribution in [2.45, 2.75) is 32.4 Å². The van der Waals surface area contributed by atoms with E-state index in [-0.39, 0.29) is 24.0 Å². The molecule has 0 radical (unpaired) electrons. The molecule has 154 valence electrons. The van der Waals surface area contributed by atoms with Crippen LogP contribution in [0.4, 0.5) is 0 Å². The third-order valence-corrected chi connectivity index (χ3v) is 5.15. The van der Waals surface area contributed by atoms with Crippen LogP contribution in [0.3, 0.4) is 0 Å². The molecule has 0 atom stereocenters. The molecule has 1 fully saturated rings. The van der Waals surface area contributed by atoms with Crippen molar-refractivity contribution in [1.29, 1.82) is 0 Å². The van der Waals surface area contributed by atoms with Crippen LogP contribution in [0.15, 0.2) is 29.3 Å². The molecule has 7 nitrogen and oxygen atoms in total. The van der Waals surface area contributed by atoms with Gasteiger partial charge in [0.25, 0.3) is 0 Å². The molecular formula is C18H32IN5O2S. The lowest BCUT2D eigenvalue weighted by Crippen LogP contribution is -2.49. The first kappa shape index (κ1) is 24.1. The van der Waals surface area contributed by atoms with E-state index in [1.165, 1.54) is 11.1 Å². The van der Waals surface area contributed by atoms with E-state index in [1.54, 1.807) is 7.05 Å². The average Bonchev–Trinajstić information content (AvgIpc) is 2.58. The molecule has 1 aliphatic heterocycles. The standard InChI is InChI=1S/C18H31N5O2S.HI/c1-15-5-4-6-16(13-15)14-23-11-7-17(8-12-23)22-18(19-2)20-9-10-21-26(3,24)25;/h4-6,13,17,21H,7-12,14H2,1-3H3,(H2,19,20,22);1H. The van der Waals surface area contributed by atoms with Gasteiger partial charge in [-0.1, -0.05) is 29.8 Å². The van der Waals surface area contributed by atoms with Crippen LogP contribution in [0, 0.1) is 6.92 Å². The summed E-state index contributed by atoms with van der Waals surface area (Å²) in [6.45, 7) is 6.08. The summed E-state index contributed by atoms with van der Waals surface area (Å²) < 4.78 is 24.6. The lowest BCUT2D eigenvalue weighted by Gasteiger charge is -2.33. The van der Waals surface area contributed by atoms with Crippen molar-refractivity contribution >= 4 is 40.0 Å². The zero-order valence-electron chi connectivity index (χ0n) is 16.4. The van der Waals surface area contributed by atoms with Crippen molar-refractivity contribution in [2.24, 2.45) is 4.99 Å². The smallest absolute Gasteiger partial charge is 0.208 e. The molecule has 0 saturated carbocycles. The predicted octanol–water partition coefficient (Wildman–Crippen LogP) is 1.29. The van der Waals surface area contributed by atoms with Crippen molar-refractivity contribution in [3.63, 3.8) is 0 Å². The number of guanidine groups is 1. The van der Waals surface area contributed by atoms with Gasteiger partial charge in [0, 0.05) is 45.8 Å². The number of aryl methyl sites for hydroxylation is 1. The fourth-order valence-corrected chi connectivity index (χ4v) is 3.58. The Balaban J connectivity index is 0.00000364. The van der Waals surface area contributed by atoms with E-state index in [9.17, 15) is 8.42 Å². The lowest BCUT2D eigenvalue weighted by atomic mass is 10.0. The van der Waals surface area contributed by atoms with Crippen molar-refractivity contribution in [2.75, 3.05) is 39.5 Å². The molecule has 0 aromatic heterocycles. The summed E-state index contributed by atoms with van der Waals surface area (Å²) in [5.74, 6) is 0.720. The van der Waals surface area contributed by atoms with E-state index in [1.807, 2.05) is 0 Å². The van der Waals surface area contributed by atoms with E-state index in [2.05, 4.69) is 56.4 Å². The molecule has 1 aromatic carbocycles. The van der Waals surface area contributed by atoms with E-state index in [0.717, 1.165) is 44.7 Å². The van der Waals surface area contributed by atoms with Crippen LogP contribution < -0.4 is 15.4 Å².